The maximum atomic E-state index is 11.5. The quantitative estimate of drug-likeness (QED) is 0.512. The zero-order valence-electron chi connectivity index (χ0n) is 12.1. The summed E-state index contributed by atoms with van der Waals surface area (Å²) in [5.74, 6) is 0. The van der Waals surface area contributed by atoms with Gasteiger partial charge in [-0.15, -0.1) is 0 Å². The van der Waals surface area contributed by atoms with Crippen molar-refractivity contribution < 1.29 is 5.11 Å². The third-order valence-corrected chi connectivity index (χ3v) is 3.85. The third kappa shape index (κ3) is 2.43. The van der Waals surface area contributed by atoms with E-state index in [1.54, 1.807) is 24.3 Å². The molecule has 0 saturated heterocycles. The Morgan fingerprint density at radius 2 is 0.909 bits per heavy atom. The van der Waals surface area contributed by atoms with Gasteiger partial charge in [0.15, 0.2) is 0 Å². The molecule has 0 radical (unpaired) electrons. The average molecular weight is 290 g/mol. The van der Waals surface area contributed by atoms with Gasteiger partial charge >= 0.3 is 0 Å². The predicted molar refractivity (Wildman–Crippen MR) is 90.3 cm³/mol. The van der Waals surface area contributed by atoms with Crippen LogP contribution < -0.4 is 11.5 Å². The van der Waals surface area contributed by atoms with Crippen LogP contribution in [0, 0.1) is 0 Å². The molecule has 0 atom stereocenters. The van der Waals surface area contributed by atoms with Gasteiger partial charge in [-0.1, -0.05) is 54.6 Å². The first-order valence-electron chi connectivity index (χ1n) is 7.10. The molecule has 3 rings (SSSR count). The van der Waals surface area contributed by atoms with E-state index in [9.17, 15) is 5.11 Å². The molecule has 0 aliphatic heterocycles. The Morgan fingerprint density at radius 1 is 0.545 bits per heavy atom. The SMILES string of the molecule is Nc1ccc(C(O)(c2ccccc2)c2ccc(N)cc2)cc1. The lowest BCUT2D eigenvalue weighted by Crippen LogP contribution is -2.28. The fraction of sp³-hybridized carbons (Fsp3) is 0.0526. The van der Waals surface area contributed by atoms with Crippen molar-refractivity contribution in [1.29, 1.82) is 0 Å². The van der Waals surface area contributed by atoms with Crippen LogP contribution in [0.5, 0.6) is 0 Å². The highest BCUT2D eigenvalue weighted by atomic mass is 16.3. The van der Waals surface area contributed by atoms with Crippen molar-refractivity contribution in [3.8, 4) is 0 Å². The highest BCUT2D eigenvalue weighted by Gasteiger charge is 2.33. The van der Waals surface area contributed by atoms with Gasteiger partial charge in [-0.2, -0.15) is 0 Å². The number of rotatable bonds is 3. The molecule has 0 fully saturated rings. The zero-order valence-corrected chi connectivity index (χ0v) is 12.1. The number of nitrogens with two attached hydrogens (primary N) is 2. The lowest BCUT2D eigenvalue weighted by Gasteiger charge is -2.30. The van der Waals surface area contributed by atoms with Gasteiger partial charge in [0, 0.05) is 11.4 Å². The van der Waals surface area contributed by atoms with Crippen LogP contribution in [0.3, 0.4) is 0 Å². The van der Waals surface area contributed by atoms with Crippen LogP contribution in [0.25, 0.3) is 0 Å². The standard InChI is InChI=1S/C19H18N2O/c20-17-10-6-15(7-11-17)19(22,14-4-2-1-3-5-14)16-8-12-18(21)13-9-16/h1-13,22H,20-21H2. The molecular formula is C19H18N2O. The number of aliphatic hydroxyl groups is 1. The Bertz CT molecular complexity index is 704. The van der Waals surface area contributed by atoms with Crippen LogP contribution >= 0.6 is 0 Å². The summed E-state index contributed by atoms with van der Waals surface area (Å²) in [4.78, 5) is 0. The Kier molecular flexibility index (Phi) is 3.57. The molecule has 0 bridgehead atoms. The molecule has 0 aliphatic carbocycles. The maximum absolute atomic E-state index is 11.5. The van der Waals surface area contributed by atoms with Crippen LogP contribution in [0.4, 0.5) is 11.4 Å². The van der Waals surface area contributed by atoms with Gasteiger partial charge in [0.25, 0.3) is 0 Å². The lowest BCUT2D eigenvalue weighted by atomic mass is 9.80. The molecule has 3 heteroatoms. The Balaban J connectivity index is 2.22. The summed E-state index contributed by atoms with van der Waals surface area (Å²) in [5, 5.41) is 11.5. The van der Waals surface area contributed by atoms with Gasteiger partial charge in [-0.3, -0.25) is 0 Å². The first kappa shape index (κ1) is 14.2. The van der Waals surface area contributed by atoms with E-state index >= 15 is 0 Å². The van der Waals surface area contributed by atoms with E-state index in [4.69, 9.17) is 11.5 Å². The van der Waals surface area contributed by atoms with Crippen LogP contribution in [-0.4, -0.2) is 5.11 Å². The molecule has 0 aliphatic rings. The molecule has 22 heavy (non-hydrogen) atoms. The van der Waals surface area contributed by atoms with E-state index in [0.717, 1.165) is 16.7 Å². The summed E-state index contributed by atoms with van der Waals surface area (Å²) in [6.07, 6.45) is 0. The van der Waals surface area contributed by atoms with Crippen molar-refractivity contribution in [2.75, 3.05) is 11.5 Å². The van der Waals surface area contributed by atoms with Crippen molar-refractivity contribution in [3.63, 3.8) is 0 Å². The molecule has 0 unspecified atom stereocenters. The smallest absolute Gasteiger partial charge is 0.140 e. The minimum Gasteiger partial charge on any atom is -0.399 e. The summed E-state index contributed by atoms with van der Waals surface area (Å²) in [6, 6.07) is 24.1. The third-order valence-electron chi connectivity index (χ3n) is 3.85. The number of hydrogen-bond donors (Lipinski definition) is 3. The molecule has 0 spiro atoms. The molecule has 0 heterocycles. The largest absolute Gasteiger partial charge is 0.399 e. The molecule has 0 aromatic heterocycles. The predicted octanol–water partition coefficient (Wildman–Crippen LogP) is 3.14. The van der Waals surface area contributed by atoms with Gasteiger partial charge in [-0.25, -0.2) is 0 Å². The molecule has 0 amide bonds. The Hall–Kier alpha value is -2.78. The molecule has 3 nitrogen and oxygen atoms in total. The molecule has 0 saturated carbocycles. The number of benzene rings is 3. The number of nitrogen functional groups attached to an aromatic ring is 2. The second-order valence-electron chi connectivity index (χ2n) is 5.32. The Labute approximate surface area is 129 Å². The monoisotopic (exact) mass is 290 g/mol. The van der Waals surface area contributed by atoms with E-state index in [0.29, 0.717) is 11.4 Å². The summed E-state index contributed by atoms with van der Waals surface area (Å²) < 4.78 is 0. The van der Waals surface area contributed by atoms with E-state index in [2.05, 4.69) is 0 Å². The second kappa shape index (κ2) is 5.54. The van der Waals surface area contributed by atoms with Crippen molar-refractivity contribution in [3.05, 3.63) is 95.6 Å². The normalized spacial score (nSPS) is 11.3. The van der Waals surface area contributed by atoms with Crippen molar-refractivity contribution in [2.24, 2.45) is 0 Å². The van der Waals surface area contributed by atoms with E-state index < -0.39 is 5.60 Å². The summed E-state index contributed by atoms with van der Waals surface area (Å²) >= 11 is 0. The zero-order chi connectivity index (χ0) is 15.6. The van der Waals surface area contributed by atoms with Gasteiger partial charge in [0.05, 0.1) is 0 Å². The maximum Gasteiger partial charge on any atom is 0.140 e. The van der Waals surface area contributed by atoms with Crippen molar-refractivity contribution in [1.82, 2.24) is 0 Å². The highest BCUT2D eigenvalue weighted by Crippen LogP contribution is 2.37. The van der Waals surface area contributed by atoms with Crippen LogP contribution in [-0.2, 0) is 5.60 Å². The fourth-order valence-corrected chi connectivity index (χ4v) is 2.63. The lowest BCUT2D eigenvalue weighted by molar-refractivity contribution is 0.126. The van der Waals surface area contributed by atoms with Crippen molar-refractivity contribution in [2.45, 2.75) is 5.60 Å². The second-order valence-corrected chi connectivity index (χ2v) is 5.32. The highest BCUT2D eigenvalue weighted by molar-refractivity contribution is 5.52. The van der Waals surface area contributed by atoms with Gasteiger partial charge in [0.1, 0.15) is 5.60 Å². The van der Waals surface area contributed by atoms with Gasteiger partial charge < -0.3 is 16.6 Å². The van der Waals surface area contributed by atoms with Crippen LogP contribution in [0.15, 0.2) is 78.9 Å². The molecule has 5 N–H and O–H groups in total. The average Bonchev–Trinajstić information content (AvgIpc) is 2.56. The van der Waals surface area contributed by atoms with E-state index in [1.807, 2.05) is 54.6 Å². The molecule has 3 aromatic carbocycles. The Morgan fingerprint density at radius 3 is 1.32 bits per heavy atom. The molecule has 110 valence electrons. The minimum atomic E-state index is -1.25. The summed E-state index contributed by atoms with van der Waals surface area (Å²) in [5.41, 5.74) is 13.9. The number of hydrogen-bond acceptors (Lipinski definition) is 3. The molecular weight excluding hydrogens is 272 g/mol. The first-order valence-corrected chi connectivity index (χ1v) is 7.10. The van der Waals surface area contributed by atoms with Gasteiger partial charge in [0.2, 0.25) is 0 Å². The van der Waals surface area contributed by atoms with Crippen molar-refractivity contribution >= 4 is 11.4 Å². The van der Waals surface area contributed by atoms with Gasteiger partial charge in [-0.05, 0) is 41.0 Å². The first-order chi connectivity index (χ1) is 10.6. The summed E-state index contributed by atoms with van der Waals surface area (Å²) in [7, 11) is 0. The van der Waals surface area contributed by atoms with Crippen LogP contribution in [0.2, 0.25) is 0 Å². The molecule has 3 aromatic rings. The topological polar surface area (TPSA) is 72.3 Å². The van der Waals surface area contributed by atoms with Crippen LogP contribution in [0.1, 0.15) is 16.7 Å². The van der Waals surface area contributed by atoms with E-state index in [1.165, 1.54) is 0 Å². The summed E-state index contributed by atoms with van der Waals surface area (Å²) in [6.45, 7) is 0. The fourth-order valence-electron chi connectivity index (χ4n) is 2.63. The number of anilines is 2. The minimum absolute atomic E-state index is 0.663. The van der Waals surface area contributed by atoms with E-state index in [-0.39, 0.29) is 0 Å².